The summed E-state index contributed by atoms with van der Waals surface area (Å²) in [5, 5.41) is 16.4. The van der Waals surface area contributed by atoms with Crippen molar-refractivity contribution in [2.24, 2.45) is 29.4 Å². The molecule has 0 unspecified atom stereocenters. The Morgan fingerprint density at radius 1 is 0.560 bits per heavy atom. The van der Waals surface area contributed by atoms with Gasteiger partial charge in [-0.1, -0.05) is 73.0 Å². The van der Waals surface area contributed by atoms with Crippen LogP contribution in [0.3, 0.4) is 0 Å². The van der Waals surface area contributed by atoms with Crippen LogP contribution >= 0.6 is 11.8 Å². The van der Waals surface area contributed by atoms with Gasteiger partial charge in [0, 0.05) is 30.9 Å². The van der Waals surface area contributed by atoms with E-state index in [4.69, 9.17) is 24.7 Å². The predicted octanol–water partition coefficient (Wildman–Crippen LogP) is 6.80. The summed E-state index contributed by atoms with van der Waals surface area (Å²) < 4.78 is 23.2. The number of carbonyl (C=O) groups is 9. The van der Waals surface area contributed by atoms with Crippen molar-refractivity contribution < 1.29 is 62.1 Å². The van der Waals surface area contributed by atoms with Crippen molar-refractivity contribution in [3.63, 3.8) is 0 Å². The van der Waals surface area contributed by atoms with Gasteiger partial charge in [0.05, 0.1) is 6.04 Å². The second-order valence-corrected chi connectivity index (χ2v) is 25.2. The van der Waals surface area contributed by atoms with Crippen LogP contribution in [0.15, 0.2) is 54.6 Å². The number of unbranched alkanes of at least 4 members (excludes halogenated alkanes) is 1. The first-order chi connectivity index (χ1) is 40.5. The van der Waals surface area contributed by atoms with E-state index in [2.05, 4.69) is 31.9 Å². The Bertz CT molecular complexity index is 2480. The Morgan fingerprint density at radius 2 is 1.07 bits per heavy atom. The number of thioether (sulfide) groups is 1. The van der Waals surface area contributed by atoms with Gasteiger partial charge in [-0.25, -0.2) is 9.59 Å². The van der Waals surface area contributed by atoms with Crippen molar-refractivity contribution in [3.8, 4) is 0 Å². The minimum atomic E-state index is -1.45. The number of rotatable bonds is 31. The summed E-state index contributed by atoms with van der Waals surface area (Å²) in [6.45, 7) is 4.98. The zero-order valence-electron chi connectivity index (χ0n) is 49.4. The van der Waals surface area contributed by atoms with Crippen LogP contribution in [0.2, 0.25) is 0 Å². The summed E-state index contributed by atoms with van der Waals surface area (Å²) in [5.74, 6) is -2.75. The summed E-state index contributed by atoms with van der Waals surface area (Å²) in [5.41, 5.74) is 8.67. The van der Waals surface area contributed by atoms with Gasteiger partial charge in [-0.05, 0) is 171 Å². The summed E-state index contributed by atoms with van der Waals surface area (Å²) >= 11 is 1.42. The lowest BCUT2D eigenvalue weighted by Gasteiger charge is -2.53. The number of nitrogens with one attached hydrogen (secondary N) is 6. The van der Waals surface area contributed by atoms with Crippen LogP contribution < -0.4 is 37.6 Å². The second-order valence-electron chi connectivity index (χ2n) is 24.2. The number of hydrogen-bond donors (Lipinski definition) is 7. The van der Waals surface area contributed by atoms with E-state index in [1.54, 1.807) is 0 Å². The number of hydrogen-bond acceptors (Lipinski definition) is 15. The molecule has 8 rings (SSSR count). The Labute approximate surface area is 499 Å². The molecule has 4 bridgehead atoms. The second kappa shape index (κ2) is 33.5. The molecule has 84 heavy (non-hydrogen) atoms. The van der Waals surface area contributed by atoms with Crippen molar-refractivity contribution in [3.05, 3.63) is 71.3 Å². The standard InChI is InChI=1S/C63H91N7O13S/c1-39-22-24-43(25-23-39)37-84-38-53(62(78)80-36-42-15-7-4-8-16-42)70-60(76)50(21-13-14-30-65-63(79)83-56-46-32-44-31-45(34-46)35-47(56)33-44)69-61(77)52(27-29-55(72)82-49-19-11-6-12-20-49)68-58(74)41(3)66-59(75)51(67-57(73)40(2)64)26-28-54(71)81-48-17-9-5-10-18-48/h4,7-8,15-16,22-25,40-41,44-53,56H,5-6,9-14,17-21,26-38,64H2,1-3H3,(H,65,79)(H,66,75)(H,67,73)(H,68,74)(H,69,77)(H,70,76)/t40-,41-,44?,45?,46?,47?,50-,51-,52-,53-,56?/m0/s1. The van der Waals surface area contributed by atoms with E-state index in [0.29, 0.717) is 43.3 Å². The van der Waals surface area contributed by atoms with E-state index < -0.39 is 89.8 Å². The van der Waals surface area contributed by atoms with Gasteiger partial charge in [0.15, 0.2) is 0 Å². The fourth-order valence-electron chi connectivity index (χ4n) is 12.6. The third kappa shape index (κ3) is 21.4. The van der Waals surface area contributed by atoms with Crippen molar-refractivity contribution in [1.82, 2.24) is 31.9 Å². The molecule has 462 valence electrons. The molecule has 6 aliphatic carbocycles. The Balaban J connectivity index is 1.04. The smallest absolute Gasteiger partial charge is 0.407 e. The predicted molar refractivity (Wildman–Crippen MR) is 316 cm³/mol. The van der Waals surface area contributed by atoms with Gasteiger partial charge in [0.2, 0.25) is 29.5 Å². The molecular formula is C63H91N7O13S. The van der Waals surface area contributed by atoms with Gasteiger partial charge >= 0.3 is 24.0 Å². The average molecular weight is 1190 g/mol. The Kier molecular flexibility index (Phi) is 26.0. The van der Waals surface area contributed by atoms with Crippen LogP contribution in [0.5, 0.6) is 0 Å². The van der Waals surface area contributed by atoms with Gasteiger partial charge in [-0.2, -0.15) is 11.8 Å². The lowest BCUT2D eigenvalue weighted by atomic mass is 9.55. The first-order valence-corrected chi connectivity index (χ1v) is 32.1. The number of esters is 3. The molecule has 6 aliphatic rings. The largest absolute Gasteiger partial charge is 0.462 e. The molecule has 0 aromatic heterocycles. The molecule has 0 spiro atoms. The maximum atomic E-state index is 14.7. The van der Waals surface area contributed by atoms with E-state index in [1.807, 2.05) is 61.5 Å². The van der Waals surface area contributed by atoms with Crippen LogP contribution in [0, 0.1) is 30.6 Å². The molecule has 21 heteroatoms. The zero-order chi connectivity index (χ0) is 60.0. The number of aryl methyl sites for hydroxylation is 1. The van der Waals surface area contributed by atoms with Crippen LogP contribution in [0.25, 0.3) is 0 Å². The fraction of sp³-hybridized carbons (Fsp3) is 0.667. The van der Waals surface area contributed by atoms with Crippen molar-refractivity contribution in [2.75, 3.05) is 12.3 Å². The molecular weight excluding hydrogens is 1090 g/mol. The normalized spacial score (nSPS) is 22.3. The van der Waals surface area contributed by atoms with Gasteiger partial charge in [-0.15, -0.1) is 0 Å². The van der Waals surface area contributed by atoms with Gasteiger partial charge < -0.3 is 56.6 Å². The van der Waals surface area contributed by atoms with Crippen molar-refractivity contribution >= 4 is 65.3 Å². The third-order valence-electron chi connectivity index (χ3n) is 17.1. The maximum absolute atomic E-state index is 14.7. The first-order valence-electron chi connectivity index (χ1n) is 30.9. The first kappa shape index (κ1) is 65.3. The van der Waals surface area contributed by atoms with Gasteiger partial charge in [0.1, 0.15) is 55.1 Å². The molecule has 0 radical (unpaired) electrons. The Morgan fingerprint density at radius 3 is 1.63 bits per heavy atom. The number of alkyl carbamates (subject to hydrolysis) is 1. The van der Waals surface area contributed by atoms with Crippen LogP contribution in [0.4, 0.5) is 4.79 Å². The van der Waals surface area contributed by atoms with Crippen molar-refractivity contribution in [2.45, 2.75) is 229 Å². The highest BCUT2D eigenvalue weighted by molar-refractivity contribution is 7.98. The Hall–Kier alpha value is -6.22. The maximum Gasteiger partial charge on any atom is 0.407 e. The highest BCUT2D eigenvalue weighted by atomic mass is 32.2. The van der Waals surface area contributed by atoms with E-state index in [9.17, 15) is 43.2 Å². The lowest BCUT2D eigenvalue weighted by molar-refractivity contribution is -0.152. The molecule has 6 fully saturated rings. The van der Waals surface area contributed by atoms with Crippen LogP contribution in [-0.4, -0.2) is 120 Å². The summed E-state index contributed by atoms with van der Waals surface area (Å²) in [6, 6.07) is 9.57. The SMILES string of the molecule is Cc1ccc(CSC[C@H](NC(=O)[C@H](CCCCNC(=O)OC2C3CC4CC(C3)CC2C4)NC(=O)[C@H](CCC(=O)OC2CCCCC2)NC(=O)[C@H](C)NC(=O)[C@H](CCC(=O)OC2CCCCC2)NC(=O)[C@H](C)N)C(=O)OCc2ccccc2)cc1. The van der Waals surface area contributed by atoms with Crippen molar-refractivity contribution in [1.29, 1.82) is 0 Å². The molecule has 6 saturated carbocycles. The van der Waals surface area contributed by atoms with Gasteiger partial charge in [0.25, 0.3) is 0 Å². The quantitative estimate of drug-likeness (QED) is 0.0232. The van der Waals surface area contributed by atoms with E-state index >= 15 is 0 Å². The fourth-order valence-corrected chi connectivity index (χ4v) is 13.6. The van der Waals surface area contributed by atoms with Crippen LogP contribution in [-0.2, 0) is 69.7 Å². The molecule has 0 heterocycles. The minimum Gasteiger partial charge on any atom is -0.462 e. The van der Waals surface area contributed by atoms with E-state index in [-0.39, 0.29) is 69.3 Å². The molecule has 20 nitrogen and oxygen atoms in total. The number of amides is 6. The highest BCUT2D eigenvalue weighted by Gasteiger charge is 2.50. The summed E-state index contributed by atoms with van der Waals surface area (Å²) in [7, 11) is 0. The molecule has 6 amide bonds. The van der Waals surface area contributed by atoms with E-state index in [0.717, 1.165) is 106 Å². The molecule has 2 aromatic carbocycles. The molecule has 0 aliphatic heterocycles. The highest BCUT2D eigenvalue weighted by Crippen LogP contribution is 2.54. The lowest BCUT2D eigenvalue weighted by Crippen LogP contribution is -2.59. The molecule has 0 saturated heterocycles. The average Bonchev–Trinajstić information content (AvgIpc) is 1.39. The third-order valence-corrected chi connectivity index (χ3v) is 18.2. The summed E-state index contributed by atoms with van der Waals surface area (Å²) in [4.78, 5) is 124. The summed E-state index contributed by atoms with van der Waals surface area (Å²) in [6.07, 6.45) is 13.1. The number of ether oxygens (including phenoxy) is 4. The number of nitrogens with two attached hydrogens (primary N) is 1. The number of carbonyl (C=O) groups excluding carboxylic acids is 9. The minimum absolute atomic E-state index is 0.0334. The topological polar surface area (TPSA) is 289 Å². The molecule has 6 atom stereocenters. The van der Waals surface area contributed by atoms with Gasteiger partial charge in [-0.3, -0.25) is 33.6 Å². The van der Waals surface area contributed by atoms with E-state index in [1.165, 1.54) is 32.0 Å². The molecule has 8 N–H and O–H groups in total. The van der Waals surface area contributed by atoms with Crippen LogP contribution in [0.1, 0.15) is 172 Å². The molecule has 2 aromatic rings. The number of benzene rings is 2. The zero-order valence-corrected chi connectivity index (χ0v) is 50.2. The monoisotopic (exact) mass is 1190 g/mol.